The molecule has 0 bridgehead atoms. The molecular formula is C11H19N2O3Y-. The fraction of sp³-hybridized carbons (Fsp3) is 0.636. The van der Waals surface area contributed by atoms with E-state index in [1.165, 1.54) is 0 Å². The van der Waals surface area contributed by atoms with Gasteiger partial charge in [0.1, 0.15) is 0 Å². The number of nitrogens with zero attached hydrogens (tertiary/aromatic N) is 1. The van der Waals surface area contributed by atoms with Gasteiger partial charge in [0.25, 0.3) is 0 Å². The van der Waals surface area contributed by atoms with Gasteiger partial charge in [-0.3, -0.25) is 0 Å². The van der Waals surface area contributed by atoms with Crippen LogP contribution < -0.4 is 5.48 Å². The fourth-order valence-electron chi connectivity index (χ4n) is 1.31. The first-order chi connectivity index (χ1) is 7.76. The van der Waals surface area contributed by atoms with Gasteiger partial charge in [0.05, 0.1) is 12.7 Å². The second-order valence-corrected chi connectivity index (χ2v) is 3.43. The Morgan fingerprint density at radius 1 is 1.53 bits per heavy atom. The van der Waals surface area contributed by atoms with Gasteiger partial charge in [-0.15, -0.1) is 12.8 Å². The molecule has 0 aromatic carbocycles. The zero-order valence-electron chi connectivity index (χ0n) is 10.0. The Labute approximate surface area is 128 Å². The minimum Gasteiger partial charge on any atom is -0.666 e. The van der Waals surface area contributed by atoms with Crippen molar-refractivity contribution in [3.63, 3.8) is 0 Å². The van der Waals surface area contributed by atoms with E-state index in [4.69, 9.17) is 15.1 Å². The van der Waals surface area contributed by atoms with E-state index in [0.29, 0.717) is 6.54 Å². The molecule has 0 saturated carbocycles. The molecule has 2 unspecified atom stereocenters. The Morgan fingerprint density at radius 3 is 2.65 bits per heavy atom. The van der Waals surface area contributed by atoms with E-state index in [9.17, 15) is 0 Å². The summed E-state index contributed by atoms with van der Waals surface area (Å²) in [6.45, 7) is 2.33. The van der Waals surface area contributed by atoms with Crippen molar-refractivity contribution in [1.29, 1.82) is 0 Å². The predicted octanol–water partition coefficient (Wildman–Crippen LogP) is 0.987. The maximum absolute atomic E-state index is 8.82. The average Bonchev–Trinajstić information content (AvgIpc) is 2.77. The van der Waals surface area contributed by atoms with Crippen molar-refractivity contribution in [2.45, 2.75) is 32.1 Å². The van der Waals surface area contributed by atoms with Crippen molar-refractivity contribution in [2.75, 3.05) is 13.2 Å². The maximum atomic E-state index is 8.82. The van der Waals surface area contributed by atoms with E-state index in [-0.39, 0.29) is 51.6 Å². The van der Waals surface area contributed by atoms with Crippen LogP contribution in [0.4, 0.5) is 0 Å². The van der Waals surface area contributed by atoms with Crippen molar-refractivity contribution in [3.8, 4) is 12.8 Å². The first kappa shape index (κ1) is 19.4. The monoisotopic (exact) mass is 316 g/mol. The molecule has 1 heterocycles. The fourth-order valence-corrected chi connectivity index (χ4v) is 1.31. The predicted molar refractivity (Wildman–Crippen MR) is 61.8 cm³/mol. The number of aliphatic hydroxyl groups is 1. The van der Waals surface area contributed by atoms with Crippen LogP contribution in [-0.2, 0) is 37.4 Å². The van der Waals surface area contributed by atoms with Gasteiger partial charge >= 0.3 is 0 Å². The summed E-state index contributed by atoms with van der Waals surface area (Å²) in [4.78, 5) is 0. The summed E-state index contributed by atoms with van der Waals surface area (Å²) < 4.78 is 5.39. The Balaban J connectivity index is 0. The van der Waals surface area contributed by atoms with Crippen LogP contribution in [0.15, 0.2) is 11.8 Å². The van der Waals surface area contributed by atoms with Gasteiger partial charge in [0, 0.05) is 39.3 Å². The second kappa shape index (κ2) is 12.5. The van der Waals surface area contributed by atoms with Crippen LogP contribution in [0.5, 0.6) is 0 Å². The summed E-state index contributed by atoms with van der Waals surface area (Å²) in [7, 11) is 0. The third-order valence-electron chi connectivity index (χ3n) is 2.11. The number of ether oxygens (including phenoxy) is 1. The number of rotatable bonds is 5. The SMILES string of the molecule is C#C.C/C(=C/[N-]C1CCC(CO)O1)CNO.[Y]. The van der Waals surface area contributed by atoms with E-state index < -0.39 is 0 Å². The van der Waals surface area contributed by atoms with E-state index in [1.807, 2.05) is 6.92 Å². The van der Waals surface area contributed by atoms with Crippen LogP contribution >= 0.6 is 0 Å². The van der Waals surface area contributed by atoms with E-state index in [2.05, 4.69) is 23.6 Å². The molecule has 1 aliphatic heterocycles. The molecule has 0 amide bonds. The van der Waals surface area contributed by atoms with Crippen molar-refractivity contribution < 1.29 is 47.8 Å². The van der Waals surface area contributed by atoms with E-state index in [1.54, 1.807) is 6.20 Å². The topological polar surface area (TPSA) is 75.8 Å². The molecule has 0 aromatic heterocycles. The Kier molecular flexibility index (Phi) is 14.3. The standard InChI is InChI=1S/C9H17N2O3.C2H2.Y/c1-7(5-11-13)4-10-9-3-2-8(6-12)14-9;1-2;/h4,8-9,11-13H,2-3,5-6H2,1H3;1-2H;/q-1;;/b7-4-;;. The Hall–Kier alpha value is 0.0439. The van der Waals surface area contributed by atoms with Gasteiger partial charge in [-0.1, -0.05) is 5.57 Å². The number of hydrogen-bond acceptors (Lipinski definition) is 4. The molecule has 6 heteroatoms. The number of hydrogen-bond donors (Lipinski definition) is 3. The number of terminal acetylenes is 1. The smallest absolute Gasteiger partial charge is 0.0789 e. The van der Waals surface area contributed by atoms with Gasteiger partial charge in [-0.25, -0.2) is 5.48 Å². The Morgan fingerprint density at radius 2 is 2.18 bits per heavy atom. The van der Waals surface area contributed by atoms with Gasteiger partial charge in [-0.2, -0.15) is 6.20 Å². The van der Waals surface area contributed by atoms with Crippen molar-refractivity contribution in [2.24, 2.45) is 0 Å². The Bertz CT molecular complexity index is 234. The van der Waals surface area contributed by atoms with Gasteiger partial charge in [0.15, 0.2) is 0 Å². The molecule has 2 atom stereocenters. The summed E-state index contributed by atoms with van der Waals surface area (Å²) in [6.07, 6.45) is 11.2. The number of aliphatic hydroxyl groups excluding tert-OH is 1. The summed E-state index contributed by atoms with van der Waals surface area (Å²) in [5.74, 6) is 0. The summed E-state index contributed by atoms with van der Waals surface area (Å²) in [5, 5.41) is 21.4. The normalized spacial score (nSPS) is 23.2. The van der Waals surface area contributed by atoms with Crippen molar-refractivity contribution in [3.05, 3.63) is 17.1 Å². The molecule has 0 aliphatic carbocycles. The molecule has 17 heavy (non-hydrogen) atoms. The van der Waals surface area contributed by atoms with E-state index >= 15 is 0 Å². The molecule has 1 rings (SSSR count). The molecule has 95 valence electrons. The van der Waals surface area contributed by atoms with Crippen LogP contribution in [0, 0.1) is 12.8 Å². The quantitative estimate of drug-likeness (QED) is 0.522. The first-order valence-electron chi connectivity index (χ1n) is 5.08. The van der Waals surface area contributed by atoms with Crippen molar-refractivity contribution >= 4 is 0 Å². The zero-order chi connectivity index (χ0) is 12.4. The van der Waals surface area contributed by atoms with E-state index in [0.717, 1.165) is 18.4 Å². The zero-order valence-corrected chi connectivity index (χ0v) is 12.9. The van der Waals surface area contributed by atoms with Crippen LogP contribution in [-0.4, -0.2) is 35.8 Å². The molecular weight excluding hydrogens is 297 g/mol. The molecule has 1 aliphatic rings. The molecule has 1 radical (unpaired) electrons. The molecule has 0 aromatic rings. The largest absolute Gasteiger partial charge is 0.666 e. The van der Waals surface area contributed by atoms with Crippen LogP contribution in [0.2, 0.25) is 0 Å². The van der Waals surface area contributed by atoms with Crippen LogP contribution in [0.25, 0.3) is 5.32 Å². The number of nitrogens with one attached hydrogen (secondary N) is 1. The minimum atomic E-state index is -0.138. The molecule has 1 fully saturated rings. The molecule has 0 spiro atoms. The average molecular weight is 316 g/mol. The van der Waals surface area contributed by atoms with Gasteiger partial charge in [-0.05, 0) is 26.0 Å². The first-order valence-corrected chi connectivity index (χ1v) is 5.08. The van der Waals surface area contributed by atoms with Crippen molar-refractivity contribution in [1.82, 2.24) is 5.48 Å². The third-order valence-corrected chi connectivity index (χ3v) is 2.11. The van der Waals surface area contributed by atoms with Crippen LogP contribution in [0.1, 0.15) is 19.8 Å². The molecule has 1 saturated heterocycles. The number of hydroxylamine groups is 1. The second-order valence-electron chi connectivity index (χ2n) is 3.43. The molecule has 5 nitrogen and oxygen atoms in total. The third kappa shape index (κ3) is 8.73. The van der Waals surface area contributed by atoms with Crippen LogP contribution in [0.3, 0.4) is 0 Å². The van der Waals surface area contributed by atoms with Gasteiger partial charge < -0.3 is 20.4 Å². The summed E-state index contributed by atoms with van der Waals surface area (Å²) in [6, 6.07) is 0. The summed E-state index contributed by atoms with van der Waals surface area (Å²) >= 11 is 0. The maximum Gasteiger partial charge on any atom is 0.0789 e. The molecule has 3 N–H and O–H groups in total. The minimum absolute atomic E-state index is 0. The van der Waals surface area contributed by atoms with Gasteiger partial charge in [0.2, 0.25) is 0 Å². The summed E-state index contributed by atoms with van der Waals surface area (Å²) in [5.41, 5.74) is 2.99.